The molecule has 4 nitrogen and oxygen atoms in total. The summed E-state index contributed by atoms with van der Waals surface area (Å²) in [5, 5.41) is 19.5. The zero-order valence-electron chi connectivity index (χ0n) is 14.0. The van der Waals surface area contributed by atoms with Crippen LogP contribution in [-0.2, 0) is 9.59 Å². The molecule has 0 spiro atoms. The number of aliphatic carboxylic acids is 2. The van der Waals surface area contributed by atoms with E-state index in [1.807, 2.05) is 0 Å². The molecule has 132 valence electrons. The predicted octanol–water partition coefficient (Wildman–Crippen LogP) is 1.24. The first kappa shape index (κ1) is 23.4. The summed E-state index contributed by atoms with van der Waals surface area (Å²) in [6, 6.07) is 0. The maximum absolute atomic E-state index is 10.3. The Hall–Kier alpha value is 0.439. The number of hydrogen-bond donors (Lipinski definition) is 2. The van der Waals surface area contributed by atoms with Crippen LogP contribution in [0.1, 0.15) is 51.4 Å². The summed E-state index contributed by atoms with van der Waals surface area (Å²) < 4.78 is 0. The van der Waals surface area contributed by atoms with Crippen molar-refractivity contribution in [2.24, 2.45) is 11.8 Å². The molecule has 0 aromatic carbocycles. The van der Waals surface area contributed by atoms with Crippen molar-refractivity contribution in [3.8, 4) is 0 Å². The molecule has 23 heavy (non-hydrogen) atoms. The van der Waals surface area contributed by atoms with E-state index in [1.54, 1.807) is 0 Å². The van der Waals surface area contributed by atoms with Crippen LogP contribution < -0.4 is 10.2 Å². The van der Waals surface area contributed by atoms with Gasteiger partial charge in [0.2, 0.25) is 0 Å². The van der Waals surface area contributed by atoms with Crippen LogP contribution in [0.5, 0.6) is 0 Å². The Kier molecular flexibility index (Phi) is 14.0. The average molecular weight is 467 g/mol. The van der Waals surface area contributed by atoms with Crippen LogP contribution in [0.3, 0.4) is 0 Å². The molecule has 0 bridgehead atoms. The van der Waals surface area contributed by atoms with Crippen LogP contribution in [0.2, 0.25) is 9.88 Å². The Labute approximate surface area is 161 Å². The molecule has 2 aliphatic rings. The zero-order valence-corrected chi connectivity index (χ0v) is 18.6. The Balaban J connectivity index is 0.000000360. The van der Waals surface area contributed by atoms with Crippen molar-refractivity contribution in [1.29, 1.82) is 0 Å². The summed E-state index contributed by atoms with van der Waals surface area (Å²) in [7, 11) is 0. The van der Waals surface area contributed by atoms with Gasteiger partial charge >= 0.3 is 31.0 Å². The molecular weight excluding hydrogens is 439 g/mol. The van der Waals surface area contributed by atoms with Gasteiger partial charge in [-0.2, -0.15) is 25.3 Å². The van der Waals surface area contributed by atoms with Gasteiger partial charge in [0.1, 0.15) is 0 Å². The van der Waals surface area contributed by atoms with Gasteiger partial charge < -0.3 is 19.8 Å². The average Bonchev–Trinajstić information content (AvgIpc) is 3.20. The third-order valence-electron chi connectivity index (χ3n) is 4.18. The fourth-order valence-corrected chi connectivity index (χ4v) is 3.53. The number of carbonyl (C=O) groups excluding carboxylic acids is 2. The van der Waals surface area contributed by atoms with E-state index >= 15 is 0 Å². The van der Waals surface area contributed by atoms with Gasteiger partial charge in [0.15, 0.2) is 0 Å². The van der Waals surface area contributed by atoms with Crippen molar-refractivity contribution in [3.63, 3.8) is 0 Å². The second kappa shape index (κ2) is 13.7. The number of carbonyl (C=O) groups is 2. The van der Waals surface area contributed by atoms with Crippen molar-refractivity contribution < 1.29 is 19.8 Å². The molecular formula is C16H28O4S2Sn. The van der Waals surface area contributed by atoms with Crippen LogP contribution in [0.4, 0.5) is 0 Å². The molecule has 0 aromatic rings. The number of carboxylic acids is 2. The molecule has 0 saturated heterocycles. The van der Waals surface area contributed by atoms with E-state index in [-0.39, 0.29) is 33.0 Å². The van der Waals surface area contributed by atoms with Crippen molar-refractivity contribution >= 4 is 58.3 Å². The number of rotatable bonds is 4. The number of thiol groups is 2. The summed E-state index contributed by atoms with van der Waals surface area (Å²) in [6.07, 6.45) is 8.60. The van der Waals surface area contributed by atoms with Crippen LogP contribution in [-0.4, -0.2) is 43.6 Å². The van der Waals surface area contributed by atoms with E-state index in [0.29, 0.717) is 0 Å². The predicted molar refractivity (Wildman–Crippen MR) is 97.0 cm³/mol. The van der Waals surface area contributed by atoms with E-state index < -0.39 is 22.4 Å². The topological polar surface area (TPSA) is 80.3 Å². The van der Waals surface area contributed by atoms with Crippen molar-refractivity contribution in [2.45, 2.75) is 71.7 Å². The maximum atomic E-state index is 10.3. The molecule has 2 atom stereocenters. The standard InChI is InChI=1S/2C7H12O2S.2CH3.Sn/c2*8-7(9)6(10)5-3-1-2-4-5;;;/h2*5-6,10H,1-4H2,(H,8,9);2*1H3;/q;;;;+2/p-2. The monoisotopic (exact) mass is 468 g/mol. The van der Waals surface area contributed by atoms with Gasteiger partial charge in [0.25, 0.3) is 0 Å². The van der Waals surface area contributed by atoms with Gasteiger partial charge in [-0.1, -0.05) is 25.7 Å². The SMILES string of the molecule is O=C([O-])C(S)C1CCCC1.O=C([O-])C(S)C1CCCC1.[CH3][Sn+2][CH3]. The molecule has 0 aromatic heterocycles. The third-order valence-corrected chi connectivity index (χ3v) is 5.44. The van der Waals surface area contributed by atoms with Gasteiger partial charge in [0.05, 0.1) is 11.9 Å². The van der Waals surface area contributed by atoms with Gasteiger partial charge in [-0.15, -0.1) is 0 Å². The van der Waals surface area contributed by atoms with Gasteiger partial charge in [-0.25, -0.2) is 0 Å². The molecule has 2 saturated carbocycles. The summed E-state index contributed by atoms with van der Waals surface area (Å²) >= 11 is 8.15. The van der Waals surface area contributed by atoms with E-state index in [1.165, 1.54) is 0 Å². The van der Waals surface area contributed by atoms with E-state index in [0.717, 1.165) is 51.4 Å². The molecule has 0 radical (unpaired) electrons. The number of hydrogen-bond acceptors (Lipinski definition) is 6. The zero-order chi connectivity index (χ0) is 17.8. The van der Waals surface area contributed by atoms with E-state index in [2.05, 4.69) is 35.1 Å². The molecule has 2 aliphatic carbocycles. The molecule has 2 unspecified atom stereocenters. The van der Waals surface area contributed by atoms with Gasteiger partial charge in [-0.3, -0.25) is 0 Å². The van der Waals surface area contributed by atoms with E-state index in [9.17, 15) is 19.8 Å². The Morgan fingerprint density at radius 2 is 1.04 bits per heavy atom. The molecule has 2 rings (SSSR count). The molecule has 2 fully saturated rings. The van der Waals surface area contributed by atoms with Crippen molar-refractivity contribution in [1.82, 2.24) is 0 Å². The minimum atomic E-state index is -1.02. The molecule has 0 aliphatic heterocycles. The summed E-state index contributed by atoms with van der Waals surface area (Å²) in [5.41, 5.74) is 0. The molecule has 0 N–H and O–H groups in total. The molecule has 0 heterocycles. The molecule has 7 heteroatoms. The molecule has 0 amide bonds. The first-order valence-corrected chi connectivity index (χ1v) is 15.0. The Morgan fingerprint density at radius 1 is 0.826 bits per heavy atom. The summed E-state index contributed by atoms with van der Waals surface area (Å²) in [6.45, 7) is 0. The minimum absolute atomic E-state index is 0.230. The van der Waals surface area contributed by atoms with Crippen LogP contribution in [0, 0.1) is 11.8 Å². The first-order valence-electron chi connectivity index (χ1n) is 8.21. The second-order valence-corrected chi connectivity index (χ2v) is 10.1. The van der Waals surface area contributed by atoms with Crippen LogP contribution in [0.25, 0.3) is 0 Å². The Bertz CT molecular complexity index is 311. The summed E-state index contributed by atoms with van der Waals surface area (Å²) in [5.74, 6) is -1.52. The number of carboxylic acid groups (broad SMARTS) is 2. The summed E-state index contributed by atoms with van der Waals surface area (Å²) in [4.78, 5) is 25.2. The van der Waals surface area contributed by atoms with Gasteiger partial charge in [-0.05, 0) is 37.5 Å². The van der Waals surface area contributed by atoms with Crippen molar-refractivity contribution in [2.75, 3.05) is 0 Å². The van der Waals surface area contributed by atoms with Crippen LogP contribution in [0.15, 0.2) is 0 Å². The fourth-order valence-electron chi connectivity index (χ4n) is 2.93. The Morgan fingerprint density at radius 3 is 1.22 bits per heavy atom. The normalized spacial score (nSPS) is 20.3. The van der Waals surface area contributed by atoms with Gasteiger partial charge in [0, 0.05) is 10.5 Å². The second-order valence-electron chi connectivity index (χ2n) is 6.12. The third kappa shape index (κ3) is 10.1. The van der Waals surface area contributed by atoms with Crippen LogP contribution >= 0.6 is 25.3 Å². The van der Waals surface area contributed by atoms with Crippen molar-refractivity contribution in [3.05, 3.63) is 0 Å². The van der Waals surface area contributed by atoms with E-state index in [4.69, 9.17) is 0 Å². The fraction of sp³-hybridized carbons (Fsp3) is 0.875. The quantitative estimate of drug-likeness (QED) is 0.482. The first-order chi connectivity index (χ1) is 10.8.